The van der Waals surface area contributed by atoms with Crippen molar-refractivity contribution in [1.29, 1.82) is 0 Å². The predicted octanol–water partition coefficient (Wildman–Crippen LogP) is 6.28. The van der Waals surface area contributed by atoms with Crippen LogP contribution in [-0.2, 0) is 20.7 Å². The van der Waals surface area contributed by atoms with Gasteiger partial charge in [0, 0.05) is 36.5 Å². The summed E-state index contributed by atoms with van der Waals surface area (Å²) in [5, 5.41) is 4.26. The summed E-state index contributed by atoms with van der Waals surface area (Å²) < 4.78 is 26.1. The van der Waals surface area contributed by atoms with E-state index < -0.39 is 9.72 Å². The van der Waals surface area contributed by atoms with Gasteiger partial charge in [0.15, 0.2) is 26.7 Å². The molecule has 11 heteroatoms. The van der Waals surface area contributed by atoms with Crippen molar-refractivity contribution in [2.24, 2.45) is 11.8 Å². The fourth-order valence-electron chi connectivity index (χ4n) is 6.12. The Bertz CT molecular complexity index is 1200. The van der Waals surface area contributed by atoms with Crippen molar-refractivity contribution < 1.29 is 17.0 Å². The third-order valence-electron chi connectivity index (χ3n) is 8.43. The summed E-state index contributed by atoms with van der Waals surface area (Å²) in [5.74, 6) is 1.58. The Kier molecular flexibility index (Phi) is 10.4. The van der Waals surface area contributed by atoms with Gasteiger partial charge in [-0.15, -0.1) is 9.24 Å². The lowest BCUT2D eigenvalue weighted by atomic mass is 9.84. The molecule has 2 aromatic rings. The van der Waals surface area contributed by atoms with E-state index in [-0.39, 0.29) is 18.0 Å². The minimum absolute atomic E-state index is 0.111. The third-order valence-corrected chi connectivity index (χ3v) is 10.6. The van der Waals surface area contributed by atoms with E-state index in [0.29, 0.717) is 43.3 Å². The number of rotatable bonds is 11. The average Bonchev–Trinajstić information content (AvgIpc) is 3.42. The van der Waals surface area contributed by atoms with Gasteiger partial charge in [0.2, 0.25) is 5.88 Å². The van der Waals surface area contributed by atoms with Crippen molar-refractivity contribution in [2.45, 2.75) is 80.5 Å². The maximum atomic E-state index is 16.1. The van der Waals surface area contributed by atoms with E-state index in [1.165, 1.54) is 5.56 Å². The van der Waals surface area contributed by atoms with Gasteiger partial charge in [0.05, 0.1) is 0 Å². The van der Waals surface area contributed by atoms with Gasteiger partial charge in [-0.05, 0) is 116 Å². The van der Waals surface area contributed by atoms with E-state index in [1.807, 2.05) is 33.6 Å². The molecular formula is C29H38FI2N4O3P. The van der Waals surface area contributed by atoms with Crippen molar-refractivity contribution >= 4 is 71.9 Å². The highest BCUT2D eigenvalue weighted by atomic mass is 127. The summed E-state index contributed by atoms with van der Waals surface area (Å²) in [4.78, 5) is 24.5. The SMILES string of the molecule is C[C@H]1C[C@@H](Oc2ncc(P)cc2C(C(=O)OI)N2CC[C@@H](C(F)(I)CCCCc3ccc4c(n3)NCCC4)C2)C1. The summed E-state index contributed by atoms with van der Waals surface area (Å²) in [6.07, 6.45) is 9.74. The second kappa shape index (κ2) is 13.6. The van der Waals surface area contributed by atoms with Crippen LogP contribution >= 0.6 is 54.8 Å². The first-order valence-electron chi connectivity index (χ1n) is 14.3. The fourth-order valence-corrected chi connectivity index (χ4v) is 7.51. The molecule has 2 fully saturated rings. The molecule has 218 valence electrons. The second-order valence-corrected chi connectivity index (χ2v) is 14.5. The van der Waals surface area contributed by atoms with Crippen molar-refractivity contribution in [3.63, 3.8) is 0 Å². The molecular weight excluding hydrogens is 756 g/mol. The monoisotopic (exact) mass is 794 g/mol. The van der Waals surface area contributed by atoms with Crippen molar-refractivity contribution in [3.05, 3.63) is 41.2 Å². The van der Waals surface area contributed by atoms with Crippen LogP contribution in [0, 0.1) is 11.8 Å². The van der Waals surface area contributed by atoms with Crippen LogP contribution in [0.4, 0.5) is 10.2 Å². The zero-order valence-electron chi connectivity index (χ0n) is 22.9. The summed E-state index contributed by atoms with van der Waals surface area (Å²) >= 11 is 3.64. The number of carbonyl (C=O) groups excluding carboxylic acids is 1. The van der Waals surface area contributed by atoms with Crippen LogP contribution in [0.25, 0.3) is 0 Å². The molecule has 5 rings (SSSR count). The number of aromatic nitrogens is 2. The number of carbonyl (C=O) groups is 1. The number of pyridine rings is 2. The maximum Gasteiger partial charge on any atom is 0.337 e. The van der Waals surface area contributed by atoms with Crippen molar-refractivity contribution in [3.8, 4) is 5.88 Å². The van der Waals surface area contributed by atoms with Gasteiger partial charge < -0.3 is 13.1 Å². The Balaban J connectivity index is 1.20. The van der Waals surface area contributed by atoms with Crippen LogP contribution in [0.5, 0.6) is 5.88 Å². The van der Waals surface area contributed by atoms with Gasteiger partial charge in [-0.3, -0.25) is 4.90 Å². The molecule has 1 aliphatic carbocycles. The fraction of sp³-hybridized carbons (Fsp3) is 0.621. The molecule has 0 amide bonds. The molecule has 1 N–H and O–H groups in total. The van der Waals surface area contributed by atoms with E-state index in [0.717, 1.165) is 68.3 Å². The van der Waals surface area contributed by atoms with Gasteiger partial charge in [0.25, 0.3) is 0 Å². The standard InChI is InChI=1S/C29H38FI2N4O3P/c1-18-13-22(14-18)38-27-24(15-23(40)16-34-27)25(28(37)39-32)36-12-9-20(17-36)29(30,31)10-3-2-6-21-8-7-19-5-4-11-33-26(19)35-21/h7-8,15-16,18,20,22,25H,2-6,9-14,17,40H2,1H3,(H,33,35)/t18-,20-,22+,25?,29?/m1/s1. The predicted molar refractivity (Wildman–Crippen MR) is 175 cm³/mol. The Labute approximate surface area is 266 Å². The molecule has 0 spiro atoms. The smallest absolute Gasteiger partial charge is 0.337 e. The lowest BCUT2D eigenvalue weighted by molar-refractivity contribution is -0.137. The number of unbranched alkanes of at least 4 members (excludes halogenated alkanes) is 1. The van der Waals surface area contributed by atoms with Crippen LogP contribution in [0.2, 0.25) is 0 Å². The first kappa shape index (κ1) is 30.6. The number of halogens is 3. The molecule has 7 nitrogen and oxygen atoms in total. The zero-order valence-corrected chi connectivity index (χ0v) is 28.4. The molecule has 2 aliphatic heterocycles. The Morgan fingerprint density at radius 2 is 2.17 bits per heavy atom. The van der Waals surface area contributed by atoms with Crippen LogP contribution in [0.15, 0.2) is 24.4 Å². The minimum Gasteiger partial charge on any atom is -0.474 e. The number of anilines is 1. The first-order valence-corrected chi connectivity index (χ1v) is 16.9. The number of likely N-dealkylation sites (tertiary alicyclic amines) is 1. The minimum atomic E-state index is -1.35. The topological polar surface area (TPSA) is 76.6 Å². The van der Waals surface area contributed by atoms with E-state index in [4.69, 9.17) is 12.8 Å². The van der Waals surface area contributed by atoms with Crippen molar-refractivity contribution in [2.75, 3.05) is 25.0 Å². The highest BCUT2D eigenvalue weighted by Gasteiger charge is 2.45. The zero-order chi connectivity index (χ0) is 28.3. The number of aryl methyl sites for hydroxylation is 2. The van der Waals surface area contributed by atoms with Crippen LogP contribution < -0.4 is 15.4 Å². The molecule has 4 atom stereocenters. The average molecular weight is 794 g/mol. The van der Waals surface area contributed by atoms with Gasteiger partial charge in [0.1, 0.15) is 18.0 Å². The maximum absolute atomic E-state index is 16.1. The summed E-state index contributed by atoms with van der Waals surface area (Å²) in [5.41, 5.74) is 3.05. The molecule has 3 unspecified atom stereocenters. The Morgan fingerprint density at radius 1 is 1.35 bits per heavy atom. The third kappa shape index (κ3) is 7.37. The molecule has 1 saturated carbocycles. The summed E-state index contributed by atoms with van der Waals surface area (Å²) in [7, 11) is 2.64. The van der Waals surface area contributed by atoms with E-state index in [1.54, 1.807) is 29.2 Å². The van der Waals surface area contributed by atoms with E-state index in [2.05, 4.69) is 38.6 Å². The summed E-state index contributed by atoms with van der Waals surface area (Å²) in [6.45, 7) is 4.28. The number of hydrogen-bond donors (Lipinski definition) is 1. The molecule has 0 aromatic carbocycles. The van der Waals surface area contributed by atoms with Gasteiger partial charge in [-0.25, -0.2) is 19.2 Å². The first-order chi connectivity index (χ1) is 19.2. The van der Waals surface area contributed by atoms with Crippen LogP contribution in [-0.4, -0.2) is 50.3 Å². The molecule has 0 bridgehead atoms. The highest BCUT2D eigenvalue weighted by Crippen LogP contribution is 2.44. The lowest BCUT2D eigenvalue weighted by Gasteiger charge is -2.34. The molecule has 40 heavy (non-hydrogen) atoms. The van der Waals surface area contributed by atoms with Crippen LogP contribution in [0.3, 0.4) is 0 Å². The molecule has 2 aromatic heterocycles. The molecule has 4 heterocycles. The number of hydrogen-bond acceptors (Lipinski definition) is 7. The van der Waals surface area contributed by atoms with Gasteiger partial charge in [-0.1, -0.05) is 13.0 Å². The number of fused-ring (bicyclic) bond motifs is 1. The number of ether oxygens (including phenoxy) is 1. The van der Waals surface area contributed by atoms with Gasteiger partial charge >= 0.3 is 5.97 Å². The highest BCUT2D eigenvalue weighted by molar-refractivity contribution is 14.1. The van der Waals surface area contributed by atoms with Gasteiger partial charge in [-0.2, -0.15) is 0 Å². The van der Waals surface area contributed by atoms with Crippen molar-refractivity contribution in [1.82, 2.24) is 14.9 Å². The normalized spacial score (nSPS) is 24.8. The number of alkyl halides is 2. The van der Waals surface area contributed by atoms with Crippen LogP contribution in [0.1, 0.15) is 74.7 Å². The summed E-state index contributed by atoms with van der Waals surface area (Å²) in [6, 6.07) is 5.54. The largest absolute Gasteiger partial charge is 0.474 e. The molecule has 0 radical (unpaired) electrons. The number of nitrogens with zero attached hydrogens (tertiary/aromatic N) is 3. The molecule has 1 saturated heterocycles. The Hall–Kier alpha value is -0.850. The Morgan fingerprint density at radius 3 is 2.95 bits per heavy atom. The quantitative estimate of drug-likeness (QED) is 0.124. The van der Waals surface area contributed by atoms with E-state index >= 15 is 4.39 Å². The van der Waals surface area contributed by atoms with E-state index in [9.17, 15) is 4.79 Å². The second-order valence-electron chi connectivity index (χ2n) is 11.6. The lowest BCUT2D eigenvalue weighted by Crippen LogP contribution is -2.37. The molecule has 3 aliphatic rings. The number of nitrogens with one attached hydrogen (secondary N) is 1.